The fourth-order valence-corrected chi connectivity index (χ4v) is 1.85. The van der Waals surface area contributed by atoms with Crippen LogP contribution in [0.3, 0.4) is 0 Å². The fourth-order valence-electron chi connectivity index (χ4n) is 1.85. The summed E-state index contributed by atoms with van der Waals surface area (Å²) < 4.78 is 1.77. The molecule has 0 aliphatic carbocycles. The van der Waals surface area contributed by atoms with Crippen molar-refractivity contribution in [1.29, 1.82) is 0 Å². The molecular formula is C12H8N2O2. The highest BCUT2D eigenvalue weighted by molar-refractivity contribution is 5.99. The molecule has 3 rings (SSSR count). The van der Waals surface area contributed by atoms with Crippen LogP contribution in [0.4, 0.5) is 0 Å². The van der Waals surface area contributed by atoms with Gasteiger partial charge in [0.1, 0.15) is 0 Å². The smallest absolute Gasteiger partial charge is 0.335 e. The van der Waals surface area contributed by atoms with E-state index in [9.17, 15) is 4.79 Å². The third-order valence-electron chi connectivity index (χ3n) is 2.62. The molecule has 0 atom stereocenters. The molecule has 4 nitrogen and oxygen atoms in total. The molecule has 1 aromatic carbocycles. The lowest BCUT2D eigenvalue weighted by molar-refractivity contribution is 0.0697. The topological polar surface area (TPSA) is 54.6 Å². The number of hydrogen-bond donors (Lipinski definition) is 1. The Hall–Kier alpha value is -2.36. The lowest BCUT2D eigenvalue weighted by Gasteiger charge is -2.02. The van der Waals surface area contributed by atoms with E-state index in [2.05, 4.69) is 5.10 Å². The Morgan fingerprint density at radius 3 is 3.00 bits per heavy atom. The van der Waals surface area contributed by atoms with Crippen molar-refractivity contribution in [2.24, 2.45) is 0 Å². The molecule has 0 saturated carbocycles. The van der Waals surface area contributed by atoms with E-state index in [1.807, 2.05) is 24.4 Å². The Labute approximate surface area is 90.7 Å². The van der Waals surface area contributed by atoms with Gasteiger partial charge in [-0.15, -0.1) is 0 Å². The standard InChI is InChI=1S/C12H8N2O2/c15-12(16)8-3-4-10-9(6-8)7-13-14-5-1-2-11(10)14/h1-7H,(H,15,16). The van der Waals surface area contributed by atoms with Crippen LogP contribution in [-0.4, -0.2) is 20.7 Å². The molecule has 0 fully saturated rings. The van der Waals surface area contributed by atoms with Gasteiger partial charge in [-0.1, -0.05) is 6.07 Å². The van der Waals surface area contributed by atoms with Crippen LogP contribution in [0.15, 0.2) is 42.7 Å². The maximum Gasteiger partial charge on any atom is 0.335 e. The molecule has 0 bridgehead atoms. The minimum absolute atomic E-state index is 0.283. The maximum absolute atomic E-state index is 10.8. The van der Waals surface area contributed by atoms with E-state index in [0.717, 1.165) is 16.3 Å². The Kier molecular flexibility index (Phi) is 1.71. The summed E-state index contributed by atoms with van der Waals surface area (Å²) in [4.78, 5) is 10.8. The summed E-state index contributed by atoms with van der Waals surface area (Å²) in [5.41, 5.74) is 1.26. The van der Waals surface area contributed by atoms with Crippen LogP contribution in [0.5, 0.6) is 0 Å². The summed E-state index contributed by atoms with van der Waals surface area (Å²) in [6.45, 7) is 0. The van der Waals surface area contributed by atoms with Crippen LogP contribution in [0.1, 0.15) is 10.4 Å². The number of aromatic carboxylic acids is 1. The molecule has 2 aromatic heterocycles. The molecule has 0 unspecified atom stereocenters. The second-order valence-corrected chi connectivity index (χ2v) is 3.59. The molecule has 4 heteroatoms. The van der Waals surface area contributed by atoms with Crippen molar-refractivity contribution >= 4 is 22.3 Å². The molecule has 0 saturated heterocycles. The number of fused-ring (bicyclic) bond motifs is 3. The highest BCUT2D eigenvalue weighted by Crippen LogP contribution is 2.20. The van der Waals surface area contributed by atoms with Gasteiger partial charge in [0, 0.05) is 17.0 Å². The van der Waals surface area contributed by atoms with Crippen LogP contribution in [0.2, 0.25) is 0 Å². The van der Waals surface area contributed by atoms with Crippen molar-refractivity contribution in [2.75, 3.05) is 0 Å². The van der Waals surface area contributed by atoms with Crippen molar-refractivity contribution < 1.29 is 9.90 Å². The minimum atomic E-state index is -0.919. The van der Waals surface area contributed by atoms with Crippen LogP contribution in [0.25, 0.3) is 16.3 Å². The van der Waals surface area contributed by atoms with Crippen LogP contribution in [0, 0.1) is 0 Å². The number of hydrogen-bond acceptors (Lipinski definition) is 2. The first-order chi connectivity index (χ1) is 7.75. The average Bonchev–Trinajstić information content (AvgIpc) is 2.76. The van der Waals surface area contributed by atoms with Gasteiger partial charge in [0.25, 0.3) is 0 Å². The van der Waals surface area contributed by atoms with Crippen molar-refractivity contribution in [2.45, 2.75) is 0 Å². The number of rotatable bonds is 1. The summed E-state index contributed by atoms with van der Waals surface area (Å²) in [7, 11) is 0. The fraction of sp³-hybridized carbons (Fsp3) is 0. The van der Waals surface area contributed by atoms with Gasteiger partial charge in [0.05, 0.1) is 17.3 Å². The first kappa shape index (κ1) is 8.91. The van der Waals surface area contributed by atoms with Crippen molar-refractivity contribution in [1.82, 2.24) is 9.61 Å². The zero-order valence-corrected chi connectivity index (χ0v) is 8.29. The third kappa shape index (κ3) is 1.16. The van der Waals surface area contributed by atoms with E-state index in [-0.39, 0.29) is 5.56 Å². The van der Waals surface area contributed by atoms with Gasteiger partial charge in [-0.25, -0.2) is 9.31 Å². The molecular weight excluding hydrogens is 204 g/mol. The molecule has 0 spiro atoms. The monoisotopic (exact) mass is 212 g/mol. The lowest BCUT2D eigenvalue weighted by Crippen LogP contribution is -1.96. The summed E-state index contributed by atoms with van der Waals surface area (Å²) in [5.74, 6) is -0.919. The second-order valence-electron chi connectivity index (χ2n) is 3.59. The summed E-state index contributed by atoms with van der Waals surface area (Å²) in [6.07, 6.45) is 3.54. The van der Waals surface area contributed by atoms with Gasteiger partial charge in [0.2, 0.25) is 0 Å². The molecule has 0 aliphatic rings. The van der Waals surface area contributed by atoms with Crippen molar-refractivity contribution in [3.63, 3.8) is 0 Å². The summed E-state index contributed by atoms with van der Waals surface area (Å²) in [6, 6.07) is 8.92. The highest BCUT2D eigenvalue weighted by atomic mass is 16.4. The largest absolute Gasteiger partial charge is 0.478 e. The number of nitrogens with zero attached hydrogens (tertiary/aromatic N) is 2. The normalized spacial score (nSPS) is 11.0. The Morgan fingerprint density at radius 2 is 2.19 bits per heavy atom. The number of aromatic nitrogens is 2. The zero-order valence-electron chi connectivity index (χ0n) is 8.29. The summed E-state index contributed by atoms with van der Waals surface area (Å²) >= 11 is 0. The Bertz CT molecular complexity index is 700. The van der Waals surface area contributed by atoms with Gasteiger partial charge in [-0.05, 0) is 24.3 Å². The van der Waals surface area contributed by atoms with Gasteiger partial charge in [-0.3, -0.25) is 0 Å². The minimum Gasteiger partial charge on any atom is -0.478 e. The Balaban J connectivity index is 2.41. The van der Waals surface area contributed by atoms with E-state index in [1.165, 1.54) is 0 Å². The van der Waals surface area contributed by atoms with Crippen molar-refractivity contribution in [3.05, 3.63) is 48.3 Å². The molecule has 0 aliphatic heterocycles. The Morgan fingerprint density at radius 1 is 1.31 bits per heavy atom. The van der Waals surface area contributed by atoms with E-state index in [0.29, 0.717) is 0 Å². The zero-order chi connectivity index (χ0) is 11.1. The number of carboxylic acid groups (broad SMARTS) is 1. The first-order valence-electron chi connectivity index (χ1n) is 4.85. The second kappa shape index (κ2) is 3.06. The first-order valence-corrected chi connectivity index (χ1v) is 4.85. The molecule has 1 N–H and O–H groups in total. The van der Waals surface area contributed by atoms with Crippen molar-refractivity contribution in [3.8, 4) is 0 Å². The van der Waals surface area contributed by atoms with Crippen LogP contribution in [-0.2, 0) is 0 Å². The molecule has 0 amide bonds. The van der Waals surface area contributed by atoms with Gasteiger partial charge in [-0.2, -0.15) is 5.10 Å². The van der Waals surface area contributed by atoms with Crippen LogP contribution < -0.4 is 0 Å². The average molecular weight is 212 g/mol. The predicted octanol–water partition coefficient (Wildman–Crippen LogP) is 2.19. The molecule has 78 valence electrons. The molecule has 16 heavy (non-hydrogen) atoms. The van der Waals surface area contributed by atoms with E-state index >= 15 is 0 Å². The van der Waals surface area contributed by atoms with E-state index in [4.69, 9.17) is 5.11 Å². The maximum atomic E-state index is 10.8. The third-order valence-corrected chi connectivity index (χ3v) is 2.62. The quantitative estimate of drug-likeness (QED) is 0.672. The van der Waals surface area contributed by atoms with Gasteiger partial charge in [0.15, 0.2) is 0 Å². The molecule has 3 aromatic rings. The highest BCUT2D eigenvalue weighted by Gasteiger charge is 2.06. The van der Waals surface area contributed by atoms with E-state index < -0.39 is 5.97 Å². The van der Waals surface area contributed by atoms with E-state index in [1.54, 1.807) is 22.8 Å². The number of benzene rings is 1. The number of carboxylic acids is 1. The van der Waals surface area contributed by atoms with Crippen LogP contribution >= 0.6 is 0 Å². The molecule has 2 heterocycles. The lowest BCUT2D eigenvalue weighted by atomic mass is 10.1. The van der Waals surface area contributed by atoms with Gasteiger partial charge >= 0.3 is 5.97 Å². The predicted molar refractivity (Wildman–Crippen MR) is 59.7 cm³/mol. The number of carbonyl (C=O) groups is 1. The summed E-state index contributed by atoms with van der Waals surface area (Å²) in [5, 5.41) is 14.9. The SMILES string of the molecule is O=C(O)c1ccc2c(cnn3cccc23)c1. The molecule has 0 radical (unpaired) electrons. The van der Waals surface area contributed by atoms with Gasteiger partial charge < -0.3 is 5.11 Å².